The molecule has 0 saturated heterocycles. The summed E-state index contributed by atoms with van der Waals surface area (Å²) < 4.78 is 5.64. The lowest BCUT2D eigenvalue weighted by Gasteiger charge is -2.11. The van der Waals surface area contributed by atoms with Gasteiger partial charge in [0.1, 0.15) is 10.7 Å². The Bertz CT molecular complexity index is 336. The maximum atomic E-state index is 5.64. The van der Waals surface area contributed by atoms with Crippen molar-refractivity contribution in [3.63, 3.8) is 0 Å². The second-order valence-corrected chi connectivity index (χ2v) is 4.33. The fourth-order valence-electron chi connectivity index (χ4n) is 1.20. The van der Waals surface area contributed by atoms with Crippen molar-refractivity contribution >= 4 is 17.2 Å². The molecule has 0 spiro atoms. The molecule has 3 heteroatoms. The Balaban J connectivity index is 2.63. The van der Waals surface area contributed by atoms with E-state index in [9.17, 15) is 0 Å². The fraction of sp³-hybridized carbons (Fsp3) is 0.417. The third-order valence-corrected chi connectivity index (χ3v) is 2.33. The Labute approximate surface area is 96.4 Å². The highest BCUT2D eigenvalue weighted by Crippen LogP contribution is 2.18. The maximum absolute atomic E-state index is 5.64. The van der Waals surface area contributed by atoms with Crippen LogP contribution in [0.5, 0.6) is 5.75 Å². The normalized spacial score (nSPS) is 10.3. The van der Waals surface area contributed by atoms with Crippen LogP contribution in [0.3, 0.4) is 0 Å². The Morgan fingerprint density at radius 2 is 2.07 bits per heavy atom. The summed E-state index contributed by atoms with van der Waals surface area (Å²) in [6.45, 7) is 5.04. The zero-order chi connectivity index (χ0) is 11.3. The molecular formula is C12H17NOS. The van der Waals surface area contributed by atoms with Crippen LogP contribution in [-0.4, -0.2) is 11.6 Å². The summed E-state index contributed by atoms with van der Waals surface area (Å²) in [7, 11) is 0. The van der Waals surface area contributed by atoms with Gasteiger partial charge in [0, 0.05) is 0 Å². The van der Waals surface area contributed by atoms with Gasteiger partial charge in [-0.15, -0.1) is 0 Å². The molecule has 0 aliphatic carbocycles. The van der Waals surface area contributed by atoms with Gasteiger partial charge in [0.05, 0.1) is 12.2 Å². The van der Waals surface area contributed by atoms with Crippen LogP contribution in [0.15, 0.2) is 24.3 Å². The van der Waals surface area contributed by atoms with Crippen LogP contribution in [0.1, 0.15) is 25.8 Å². The lowest BCUT2D eigenvalue weighted by molar-refractivity contribution is 0.289. The molecular weight excluding hydrogens is 206 g/mol. The summed E-state index contributed by atoms with van der Waals surface area (Å²) >= 11 is 4.95. The number of benzene rings is 1. The van der Waals surface area contributed by atoms with E-state index in [-0.39, 0.29) is 0 Å². The molecule has 0 saturated carbocycles. The van der Waals surface area contributed by atoms with Crippen molar-refractivity contribution in [2.24, 2.45) is 11.7 Å². The molecule has 0 aromatic heterocycles. The molecule has 0 atom stereocenters. The first-order valence-corrected chi connectivity index (χ1v) is 5.53. The zero-order valence-corrected chi connectivity index (χ0v) is 10.0. The van der Waals surface area contributed by atoms with Crippen LogP contribution in [0.2, 0.25) is 0 Å². The highest BCUT2D eigenvalue weighted by molar-refractivity contribution is 7.80. The Kier molecular flexibility index (Phi) is 4.56. The number of thiocarbonyl (C=S) groups is 1. The molecule has 0 heterocycles. The average molecular weight is 223 g/mol. The number of ether oxygens (including phenoxy) is 1. The number of hydrogen-bond donors (Lipinski definition) is 1. The van der Waals surface area contributed by atoms with Crippen molar-refractivity contribution in [2.75, 3.05) is 6.61 Å². The summed E-state index contributed by atoms with van der Waals surface area (Å²) in [5.74, 6) is 1.42. The first kappa shape index (κ1) is 12.0. The van der Waals surface area contributed by atoms with Crippen LogP contribution >= 0.6 is 12.2 Å². The van der Waals surface area contributed by atoms with Crippen molar-refractivity contribution in [3.05, 3.63) is 29.8 Å². The van der Waals surface area contributed by atoms with Gasteiger partial charge in [-0.1, -0.05) is 38.2 Å². The standard InChI is InChI=1S/C12H17NOS/c1-9(2)7-8-14-11-6-4-3-5-10(11)12(13)15/h3-6,9H,7-8H2,1-2H3,(H2,13,15). The minimum absolute atomic E-state index is 0.384. The molecule has 1 rings (SSSR count). The predicted molar refractivity (Wildman–Crippen MR) is 67.3 cm³/mol. The van der Waals surface area contributed by atoms with Crippen molar-refractivity contribution in [3.8, 4) is 5.75 Å². The molecule has 2 nitrogen and oxygen atoms in total. The largest absolute Gasteiger partial charge is 0.493 e. The van der Waals surface area contributed by atoms with Crippen molar-refractivity contribution in [1.82, 2.24) is 0 Å². The monoisotopic (exact) mass is 223 g/mol. The molecule has 0 unspecified atom stereocenters. The van der Waals surface area contributed by atoms with Gasteiger partial charge in [-0.3, -0.25) is 0 Å². The molecule has 2 N–H and O–H groups in total. The molecule has 82 valence electrons. The number of para-hydroxylation sites is 1. The smallest absolute Gasteiger partial charge is 0.129 e. The van der Waals surface area contributed by atoms with Crippen LogP contribution in [0, 0.1) is 5.92 Å². The molecule has 0 bridgehead atoms. The van der Waals surface area contributed by atoms with Gasteiger partial charge in [0.25, 0.3) is 0 Å². The highest BCUT2D eigenvalue weighted by atomic mass is 32.1. The molecule has 0 aliphatic heterocycles. The first-order valence-electron chi connectivity index (χ1n) is 5.13. The van der Waals surface area contributed by atoms with E-state index in [1.54, 1.807) is 0 Å². The Morgan fingerprint density at radius 3 is 2.67 bits per heavy atom. The lowest BCUT2D eigenvalue weighted by atomic mass is 10.1. The van der Waals surface area contributed by atoms with Crippen LogP contribution in [0.4, 0.5) is 0 Å². The maximum Gasteiger partial charge on any atom is 0.129 e. The van der Waals surface area contributed by atoms with E-state index >= 15 is 0 Å². The van der Waals surface area contributed by atoms with E-state index in [0.29, 0.717) is 17.5 Å². The second kappa shape index (κ2) is 5.71. The summed E-state index contributed by atoms with van der Waals surface area (Å²) in [6.07, 6.45) is 1.03. The number of rotatable bonds is 5. The van der Waals surface area contributed by atoms with Crippen LogP contribution < -0.4 is 10.5 Å². The SMILES string of the molecule is CC(C)CCOc1ccccc1C(N)=S. The lowest BCUT2D eigenvalue weighted by Crippen LogP contribution is -2.12. The predicted octanol–water partition coefficient (Wildman–Crippen LogP) is 2.75. The van der Waals surface area contributed by atoms with Gasteiger partial charge >= 0.3 is 0 Å². The van der Waals surface area contributed by atoms with Crippen molar-refractivity contribution < 1.29 is 4.74 Å². The third-order valence-electron chi connectivity index (χ3n) is 2.11. The molecule has 0 radical (unpaired) electrons. The molecule has 0 amide bonds. The van der Waals surface area contributed by atoms with Crippen molar-refractivity contribution in [1.29, 1.82) is 0 Å². The minimum atomic E-state index is 0.384. The Morgan fingerprint density at radius 1 is 1.40 bits per heavy atom. The summed E-state index contributed by atoms with van der Waals surface area (Å²) in [4.78, 5) is 0.384. The van der Waals surface area contributed by atoms with E-state index < -0.39 is 0 Å². The van der Waals surface area contributed by atoms with Gasteiger partial charge in [0.15, 0.2) is 0 Å². The first-order chi connectivity index (χ1) is 7.11. The van der Waals surface area contributed by atoms with E-state index in [1.807, 2.05) is 24.3 Å². The molecule has 1 aromatic carbocycles. The molecule has 0 fully saturated rings. The average Bonchev–Trinajstić information content (AvgIpc) is 2.17. The fourth-order valence-corrected chi connectivity index (χ4v) is 1.37. The topological polar surface area (TPSA) is 35.2 Å². The van der Waals surface area contributed by atoms with Crippen LogP contribution in [0.25, 0.3) is 0 Å². The molecule has 1 aromatic rings. The van der Waals surface area contributed by atoms with E-state index in [4.69, 9.17) is 22.7 Å². The van der Waals surface area contributed by atoms with Crippen molar-refractivity contribution in [2.45, 2.75) is 20.3 Å². The number of hydrogen-bond acceptors (Lipinski definition) is 2. The molecule has 15 heavy (non-hydrogen) atoms. The second-order valence-electron chi connectivity index (χ2n) is 3.89. The zero-order valence-electron chi connectivity index (χ0n) is 9.19. The van der Waals surface area contributed by atoms with E-state index in [1.165, 1.54) is 0 Å². The summed E-state index contributed by atoms with van der Waals surface area (Å²) in [5.41, 5.74) is 6.41. The summed E-state index contributed by atoms with van der Waals surface area (Å²) in [5, 5.41) is 0. The van der Waals surface area contributed by atoms with Crippen LogP contribution in [-0.2, 0) is 0 Å². The van der Waals surface area contributed by atoms with Gasteiger partial charge in [0.2, 0.25) is 0 Å². The molecule has 0 aliphatic rings. The highest BCUT2D eigenvalue weighted by Gasteiger charge is 2.05. The van der Waals surface area contributed by atoms with E-state index in [2.05, 4.69) is 13.8 Å². The number of nitrogens with two attached hydrogens (primary N) is 1. The summed E-state index contributed by atoms with van der Waals surface area (Å²) in [6, 6.07) is 7.61. The Hall–Kier alpha value is -1.09. The quantitative estimate of drug-likeness (QED) is 0.780. The van der Waals surface area contributed by atoms with Gasteiger partial charge in [-0.25, -0.2) is 0 Å². The third kappa shape index (κ3) is 3.88. The van der Waals surface area contributed by atoms with Gasteiger partial charge < -0.3 is 10.5 Å². The minimum Gasteiger partial charge on any atom is -0.493 e. The van der Waals surface area contributed by atoms with Gasteiger partial charge in [-0.05, 0) is 24.5 Å². The van der Waals surface area contributed by atoms with E-state index in [0.717, 1.165) is 17.7 Å². The van der Waals surface area contributed by atoms with Gasteiger partial charge in [-0.2, -0.15) is 0 Å².